The first kappa shape index (κ1) is 10.6. The second kappa shape index (κ2) is 2.80. The van der Waals surface area contributed by atoms with E-state index in [9.17, 15) is 4.79 Å². The van der Waals surface area contributed by atoms with Crippen LogP contribution in [0.25, 0.3) is 0 Å². The zero-order valence-corrected chi connectivity index (χ0v) is 10.6. The molecule has 2 bridgehead atoms. The van der Waals surface area contributed by atoms with Crippen LogP contribution in [0.1, 0.15) is 46.5 Å². The highest BCUT2D eigenvalue weighted by Crippen LogP contribution is 2.70. The van der Waals surface area contributed by atoms with Gasteiger partial charge in [-0.3, -0.25) is 0 Å². The van der Waals surface area contributed by atoms with Crippen LogP contribution in [0.4, 0.5) is 0 Å². The van der Waals surface area contributed by atoms with Gasteiger partial charge in [0.2, 0.25) is 0 Å². The summed E-state index contributed by atoms with van der Waals surface area (Å²) in [4.78, 5) is 11.6. The third-order valence-corrected chi connectivity index (χ3v) is 6.40. The van der Waals surface area contributed by atoms with E-state index in [0.29, 0.717) is 5.41 Å². The molecule has 4 aliphatic rings. The number of fused-ring (bicyclic) bond motifs is 1. The van der Waals surface area contributed by atoms with Crippen molar-refractivity contribution in [1.82, 2.24) is 0 Å². The molecule has 2 fully saturated rings. The van der Waals surface area contributed by atoms with Gasteiger partial charge in [-0.15, -0.1) is 0 Å². The predicted octanol–water partition coefficient (Wildman–Crippen LogP) is 3.59. The normalized spacial score (nSPS) is 52.7. The fourth-order valence-corrected chi connectivity index (χ4v) is 5.04. The molecule has 4 atom stereocenters. The van der Waals surface area contributed by atoms with Gasteiger partial charge >= 0.3 is 0 Å². The largest absolute Gasteiger partial charge is 0.302 e. The van der Waals surface area contributed by atoms with Crippen molar-refractivity contribution >= 4 is 6.29 Å². The van der Waals surface area contributed by atoms with Crippen LogP contribution in [-0.4, -0.2) is 6.29 Å². The lowest BCUT2D eigenvalue weighted by atomic mass is 9.42. The van der Waals surface area contributed by atoms with E-state index in [-0.39, 0.29) is 10.8 Å². The van der Waals surface area contributed by atoms with Gasteiger partial charge in [0, 0.05) is 5.41 Å². The average Bonchev–Trinajstić information content (AvgIpc) is 2.59. The molecule has 0 heterocycles. The van der Waals surface area contributed by atoms with Crippen LogP contribution in [0.3, 0.4) is 0 Å². The minimum absolute atomic E-state index is 0.159. The average molecular weight is 218 g/mol. The van der Waals surface area contributed by atoms with Crippen LogP contribution >= 0.6 is 0 Å². The van der Waals surface area contributed by atoms with E-state index in [4.69, 9.17) is 0 Å². The van der Waals surface area contributed by atoms with Crippen LogP contribution < -0.4 is 0 Å². The Kier molecular flexibility index (Phi) is 1.85. The fourth-order valence-electron chi connectivity index (χ4n) is 5.04. The summed E-state index contributed by atoms with van der Waals surface area (Å²) in [7, 11) is 0. The predicted molar refractivity (Wildman–Crippen MR) is 65.0 cm³/mol. The van der Waals surface area contributed by atoms with E-state index < -0.39 is 0 Å². The van der Waals surface area contributed by atoms with Gasteiger partial charge in [-0.1, -0.05) is 32.9 Å². The summed E-state index contributed by atoms with van der Waals surface area (Å²) in [5.74, 6) is 1.52. The van der Waals surface area contributed by atoms with E-state index in [1.807, 2.05) is 0 Å². The molecule has 0 amide bonds. The Balaban J connectivity index is 2.18. The molecule has 1 nitrogen and oxygen atoms in total. The number of allylic oxidation sites excluding steroid dienone is 2. The third-order valence-electron chi connectivity index (χ3n) is 6.40. The summed E-state index contributed by atoms with van der Waals surface area (Å²) in [6, 6.07) is 0. The number of aldehydes is 1. The molecular formula is C15H22O. The lowest BCUT2D eigenvalue weighted by Gasteiger charge is -2.61. The Morgan fingerprint density at radius 2 is 1.94 bits per heavy atom. The second-order valence-corrected chi connectivity index (χ2v) is 6.86. The Hall–Kier alpha value is -0.590. The van der Waals surface area contributed by atoms with Crippen molar-refractivity contribution < 1.29 is 4.79 Å². The van der Waals surface area contributed by atoms with Crippen LogP contribution in [0.15, 0.2) is 12.2 Å². The van der Waals surface area contributed by atoms with Crippen molar-refractivity contribution in [2.45, 2.75) is 46.5 Å². The zero-order chi connectivity index (χ0) is 11.6. The quantitative estimate of drug-likeness (QED) is 0.485. The molecule has 16 heavy (non-hydrogen) atoms. The molecule has 4 aliphatic carbocycles. The highest BCUT2D eigenvalue weighted by atomic mass is 16.1. The number of hydrogen-bond acceptors (Lipinski definition) is 1. The molecule has 0 radical (unpaired) electrons. The summed E-state index contributed by atoms with van der Waals surface area (Å²) in [6.07, 6.45) is 10.9. The summed E-state index contributed by atoms with van der Waals surface area (Å²) in [5, 5.41) is 0. The molecule has 0 aromatic carbocycles. The molecule has 2 saturated carbocycles. The molecule has 1 heteroatoms. The van der Waals surface area contributed by atoms with Gasteiger partial charge in [-0.25, -0.2) is 0 Å². The fraction of sp³-hybridized carbons (Fsp3) is 0.800. The van der Waals surface area contributed by atoms with Crippen LogP contribution in [0.2, 0.25) is 0 Å². The van der Waals surface area contributed by atoms with Gasteiger partial charge in [0.1, 0.15) is 6.29 Å². The maximum Gasteiger partial charge on any atom is 0.130 e. The van der Waals surface area contributed by atoms with Gasteiger partial charge in [0.25, 0.3) is 0 Å². The SMILES string of the molecule is C[C@H]1CC[C@H]2C(C)(C)[C@@]3(C=O)C=C[C@@]12CC3. The molecule has 0 unspecified atom stereocenters. The molecular weight excluding hydrogens is 196 g/mol. The Morgan fingerprint density at radius 1 is 1.19 bits per heavy atom. The Morgan fingerprint density at radius 3 is 2.50 bits per heavy atom. The van der Waals surface area contributed by atoms with Crippen LogP contribution in [0.5, 0.6) is 0 Å². The molecule has 88 valence electrons. The first-order chi connectivity index (χ1) is 7.48. The van der Waals surface area contributed by atoms with Gasteiger partial charge in [-0.2, -0.15) is 0 Å². The molecule has 0 aromatic heterocycles. The number of carbonyl (C=O) groups is 1. The van der Waals surface area contributed by atoms with Gasteiger partial charge in [0.15, 0.2) is 0 Å². The molecule has 0 aromatic rings. The summed E-state index contributed by atoms with van der Waals surface area (Å²) in [6.45, 7) is 7.04. The minimum atomic E-state index is -0.163. The van der Waals surface area contributed by atoms with Gasteiger partial charge < -0.3 is 4.79 Å². The van der Waals surface area contributed by atoms with Crippen molar-refractivity contribution in [2.24, 2.45) is 28.1 Å². The standard InChI is InChI=1S/C15H22O/c1-11-4-5-12-13(2,3)14(10-16)6-8-15(11,12)9-7-14/h6,8,10-12H,4-5,7,9H2,1-3H3/t11-,12-,14-,15+/m0/s1. The molecule has 1 spiro atoms. The first-order valence-corrected chi connectivity index (χ1v) is 6.65. The smallest absolute Gasteiger partial charge is 0.130 e. The van der Waals surface area contributed by atoms with E-state index in [1.165, 1.54) is 25.5 Å². The van der Waals surface area contributed by atoms with Crippen molar-refractivity contribution in [1.29, 1.82) is 0 Å². The molecule has 0 saturated heterocycles. The van der Waals surface area contributed by atoms with Crippen LogP contribution in [0, 0.1) is 28.1 Å². The zero-order valence-electron chi connectivity index (χ0n) is 10.6. The second-order valence-electron chi connectivity index (χ2n) is 6.86. The van der Waals surface area contributed by atoms with E-state index >= 15 is 0 Å². The lowest BCUT2D eigenvalue weighted by molar-refractivity contribution is -0.134. The number of carbonyl (C=O) groups excluding carboxylic acids is 1. The number of hydrogen-bond donors (Lipinski definition) is 0. The summed E-state index contributed by atoms with van der Waals surface area (Å²) < 4.78 is 0. The van der Waals surface area contributed by atoms with Crippen LogP contribution in [-0.2, 0) is 4.79 Å². The maximum absolute atomic E-state index is 11.6. The van der Waals surface area contributed by atoms with E-state index in [2.05, 4.69) is 32.9 Å². The highest BCUT2D eigenvalue weighted by molar-refractivity contribution is 5.66. The van der Waals surface area contributed by atoms with Crippen molar-refractivity contribution in [3.63, 3.8) is 0 Å². The Labute approximate surface area is 98.3 Å². The highest BCUT2D eigenvalue weighted by Gasteiger charge is 2.64. The Bertz CT molecular complexity index is 368. The maximum atomic E-state index is 11.6. The first-order valence-electron chi connectivity index (χ1n) is 6.65. The van der Waals surface area contributed by atoms with E-state index in [1.54, 1.807) is 0 Å². The summed E-state index contributed by atoms with van der Waals surface area (Å²) in [5.41, 5.74) is 0.421. The summed E-state index contributed by atoms with van der Waals surface area (Å²) >= 11 is 0. The molecule has 0 aliphatic heterocycles. The third kappa shape index (κ3) is 0.881. The van der Waals surface area contributed by atoms with Gasteiger partial charge in [0.05, 0.1) is 0 Å². The topological polar surface area (TPSA) is 17.1 Å². The molecule has 0 N–H and O–H groups in total. The monoisotopic (exact) mass is 218 g/mol. The van der Waals surface area contributed by atoms with Gasteiger partial charge in [-0.05, 0) is 48.3 Å². The van der Waals surface area contributed by atoms with E-state index in [0.717, 1.165) is 18.3 Å². The van der Waals surface area contributed by atoms with Crippen molar-refractivity contribution in [3.05, 3.63) is 12.2 Å². The minimum Gasteiger partial charge on any atom is -0.302 e. The van der Waals surface area contributed by atoms with Crippen molar-refractivity contribution in [3.8, 4) is 0 Å². The lowest BCUT2D eigenvalue weighted by Crippen LogP contribution is -2.56. The van der Waals surface area contributed by atoms with Crippen molar-refractivity contribution in [2.75, 3.05) is 0 Å². The molecule has 4 rings (SSSR count). The number of rotatable bonds is 1.